The third-order valence-corrected chi connectivity index (χ3v) is 2.68. The molecule has 0 unspecified atom stereocenters. The van der Waals surface area contributed by atoms with Gasteiger partial charge in [0, 0.05) is 12.5 Å². The molecule has 0 bridgehead atoms. The second-order valence-electron chi connectivity index (χ2n) is 3.87. The van der Waals surface area contributed by atoms with Crippen molar-refractivity contribution in [1.29, 1.82) is 0 Å². The molecule has 1 N–H and O–H groups in total. The van der Waals surface area contributed by atoms with Crippen molar-refractivity contribution in [2.45, 2.75) is 26.2 Å². The number of benzene rings is 1. The van der Waals surface area contributed by atoms with Crippen LogP contribution in [0.15, 0.2) is 12.1 Å². The van der Waals surface area contributed by atoms with Crippen molar-refractivity contribution in [3.8, 4) is 11.5 Å². The summed E-state index contributed by atoms with van der Waals surface area (Å²) in [6.07, 6.45) is 1.48. The summed E-state index contributed by atoms with van der Waals surface area (Å²) < 4.78 is 10.5. The van der Waals surface area contributed by atoms with Crippen LogP contribution >= 0.6 is 0 Å². The van der Waals surface area contributed by atoms with Crippen LogP contribution < -0.4 is 9.47 Å². The SMILES string of the molecule is COc1cc(C)c(CCCC(=O)O)c(OC)c1. The minimum Gasteiger partial charge on any atom is -0.497 e. The Morgan fingerprint density at radius 1 is 1.29 bits per heavy atom. The molecule has 0 fully saturated rings. The van der Waals surface area contributed by atoms with E-state index in [0.717, 1.165) is 22.6 Å². The van der Waals surface area contributed by atoms with Gasteiger partial charge in [0.15, 0.2) is 0 Å². The molecule has 0 saturated carbocycles. The topological polar surface area (TPSA) is 55.8 Å². The summed E-state index contributed by atoms with van der Waals surface area (Å²) in [4.78, 5) is 10.5. The van der Waals surface area contributed by atoms with Crippen molar-refractivity contribution in [3.05, 3.63) is 23.3 Å². The summed E-state index contributed by atoms with van der Waals surface area (Å²) in [6.45, 7) is 1.97. The maximum absolute atomic E-state index is 10.5. The van der Waals surface area contributed by atoms with Crippen molar-refractivity contribution in [2.24, 2.45) is 0 Å². The smallest absolute Gasteiger partial charge is 0.303 e. The van der Waals surface area contributed by atoms with Crippen LogP contribution in [0.2, 0.25) is 0 Å². The van der Waals surface area contributed by atoms with Crippen LogP contribution in [0.4, 0.5) is 0 Å². The number of hydrogen-bond donors (Lipinski definition) is 1. The van der Waals surface area contributed by atoms with Gasteiger partial charge in [-0.2, -0.15) is 0 Å². The van der Waals surface area contributed by atoms with E-state index >= 15 is 0 Å². The van der Waals surface area contributed by atoms with Crippen LogP contribution in [0.5, 0.6) is 11.5 Å². The van der Waals surface area contributed by atoms with E-state index in [0.29, 0.717) is 12.8 Å². The van der Waals surface area contributed by atoms with Gasteiger partial charge in [0.25, 0.3) is 0 Å². The summed E-state index contributed by atoms with van der Waals surface area (Å²) in [6, 6.07) is 3.75. The molecule has 0 saturated heterocycles. The highest BCUT2D eigenvalue weighted by molar-refractivity contribution is 5.66. The lowest BCUT2D eigenvalue weighted by atomic mass is 10.0. The van der Waals surface area contributed by atoms with E-state index in [9.17, 15) is 4.79 Å². The number of carboxylic acids is 1. The van der Waals surface area contributed by atoms with E-state index in [1.54, 1.807) is 14.2 Å². The molecule has 0 radical (unpaired) electrons. The predicted octanol–water partition coefficient (Wildman–Crippen LogP) is 2.42. The van der Waals surface area contributed by atoms with Gasteiger partial charge in [-0.3, -0.25) is 4.79 Å². The number of ether oxygens (including phenoxy) is 2. The molecule has 4 nitrogen and oxygen atoms in total. The number of methoxy groups -OCH3 is 2. The normalized spacial score (nSPS) is 10.1. The molecule has 0 aromatic heterocycles. The fourth-order valence-corrected chi connectivity index (χ4v) is 1.79. The number of aryl methyl sites for hydroxylation is 1. The van der Waals surface area contributed by atoms with Crippen LogP contribution in [0.3, 0.4) is 0 Å². The van der Waals surface area contributed by atoms with Gasteiger partial charge in [0.05, 0.1) is 14.2 Å². The molecule has 0 heterocycles. The Hall–Kier alpha value is -1.71. The van der Waals surface area contributed by atoms with Gasteiger partial charge in [-0.25, -0.2) is 0 Å². The largest absolute Gasteiger partial charge is 0.497 e. The third kappa shape index (κ3) is 3.66. The number of carboxylic acid groups (broad SMARTS) is 1. The molecule has 0 aliphatic heterocycles. The molecular formula is C13H18O4. The molecule has 94 valence electrons. The van der Waals surface area contributed by atoms with Crippen molar-refractivity contribution < 1.29 is 19.4 Å². The number of rotatable bonds is 6. The van der Waals surface area contributed by atoms with Crippen LogP contribution in [0, 0.1) is 6.92 Å². The van der Waals surface area contributed by atoms with Crippen LogP contribution in [0.25, 0.3) is 0 Å². The van der Waals surface area contributed by atoms with E-state index < -0.39 is 5.97 Å². The lowest BCUT2D eigenvalue weighted by Gasteiger charge is -2.13. The van der Waals surface area contributed by atoms with E-state index in [-0.39, 0.29) is 6.42 Å². The minimum absolute atomic E-state index is 0.175. The molecule has 1 rings (SSSR count). The van der Waals surface area contributed by atoms with Gasteiger partial charge in [-0.1, -0.05) is 0 Å². The minimum atomic E-state index is -0.768. The fraction of sp³-hybridized carbons (Fsp3) is 0.462. The number of hydrogen-bond acceptors (Lipinski definition) is 3. The summed E-state index contributed by atoms with van der Waals surface area (Å²) in [5.41, 5.74) is 2.11. The number of carbonyl (C=O) groups is 1. The summed E-state index contributed by atoms with van der Waals surface area (Å²) >= 11 is 0. The molecule has 0 aliphatic carbocycles. The second-order valence-corrected chi connectivity index (χ2v) is 3.87. The van der Waals surface area contributed by atoms with Gasteiger partial charge < -0.3 is 14.6 Å². The van der Waals surface area contributed by atoms with Crippen LogP contribution in [0.1, 0.15) is 24.0 Å². The van der Waals surface area contributed by atoms with Crippen LogP contribution in [-0.4, -0.2) is 25.3 Å². The predicted molar refractivity (Wildman–Crippen MR) is 64.9 cm³/mol. The Bertz CT molecular complexity index is 399. The summed E-state index contributed by atoms with van der Waals surface area (Å²) in [5.74, 6) is 0.740. The van der Waals surface area contributed by atoms with Gasteiger partial charge in [-0.05, 0) is 37.0 Å². The lowest BCUT2D eigenvalue weighted by Crippen LogP contribution is -2.00. The van der Waals surface area contributed by atoms with E-state index in [2.05, 4.69) is 0 Å². The van der Waals surface area contributed by atoms with Crippen molar-refractivity contribution in [3.63, 3.8) is 0 Å². The summed E-state index contributed by atoms with van der Waals surface area (Å²) in [7, 11) is 3.22. The average Bonchev–Trinajstić information content (AvgIpc) is 2.30. The van der Waals surface area contributed by atoms with Gasteiger partial charge in [0.2, 0.25) is 0 Å². The van der Waals surface area contributed by atoms with Crippen molar-refractivity contribution in [2.75, 3.05) is 14.2 Å². The van der Waals surface area contributed by atoms with E-state index in [1.165, 1.54) is 0 Å². The molecule has 0 amide bonds. The molecule has 0 aliphatic rings. The Kier molecular flexibility index (Phi) is 4.82. The molecule has 0 spiro atoms. The molecule has 4 heteroatoms. The van der Waals surface area contributed by atoms with Gasteiger partial charge in [-0.15, -0.1) is 0 Å². The Labute approximate surface area is 101 Å². The zero-order chi connectivity index (χ0) is 12.8. The maximum atomic E-state index is 10.5. The Balaban J connectivity index is 2.86. The average molecular weight is 238 g/mol. The molecule has 1 aromatic rings. The second kappa shape index (κ2) is 6.13. The molecule has 1 aromatic carbocycles. The third-order valence-electron chi connectivity index (χ3n) is 2.68. The first-order valence-corrected chi connectivity index (χ1v) is 5.51. The quantitative estimate of drug-likeness (QED) is 0.827. The molecule has 0 atom stereocenters. The Morgan fingerprint density at radius 2 is 2.00 bits per heavy atom. The first kappa shape index (κ1) is 13.4. The van der Waals surface area contributed by atoms with Crippen LogP contribution in [-0.2, 0) is 11.2 Å². The highest BCUT2D eigenvalue weighted by Crippen LogP contribution is 2.29. The first-order chi connectivity index (χ1) is 8.08. The van der Waals surface area contributed by atoms with Crippen molar-refractivity contribution >= 4 is 5.97 Å². The van der Waals surface area contributed by atoms with Gasteiger partial charge in [0.1, 0.15) is 11.5 Å². The maximum Gasteiger partial charge on any atom is 0.303 e. The van der Waals surface area contributed by atoms with E-state index in [1.807, 2.05) is 19.1 Å². The zero-order valence-corrected chi connectivity index (χ0v) is 10.4. The zero-order valence-electron chi connectivity index (χ0n) is 10.4. The monoisotopic (exact) mass is 238 g/mol. The van der Waals surface area contributed by atoms with Crippen molar-refractivity contribution in [1.82, 2.24) is 0 Å². The molecule has 17 heavy (non-hydrogen) atoms. The number of aliphatic carboxylic acids is 1. The fourth-order valence-electron chi connectivity index (χ4n) is 1.79. The Morgan fingerprint density at radius 3 is 2.53 bits per heavy atom. The van der Waals surface area contributed by atoms with E-state index in [4.69, 9.17) is 14.6 Å². The summed E-state index contributed by atoms with van der Waals surface area (Å²) in [5, 5.41) is 8.62. The standard InChI is InChI=1S/C13H18O4/c1-9-7-10(16-2)8-12(17-3)11(9)5-4-6-13(14)15/h7-8H,4-6H2,1-3H3,(H,14,15). The highest BCUT2D eigenvalue weighted by Gasteiger charge is 2.10. The lowest BCUT2D eigenvalue weighted by molar-refractivity contribution is -0.137. The first-order valence-electron chi connectivity index (χ1n) is 5.51. The highest BCUT2D eigenvalue weighted by atomic mass is 16.5. The molecular weight excluding hydrogens is 220 g/mol. The van der Waals surface area contributed by atoms with Gasteiger partial charge >= 0.3 is 5.97 Å².